The molecule has 3 rings (SSSR count). The normalized spacial score (nSPS) is 18.2. The number of hydrogen-bond acceptors (Lipinski definition) is 2. The third-order valence-corrected chi connectivity index (χ3v) is 3.82. The monoisotopic (exact) mass is 246 g/mol. The molecule has 0 atom stereocenters. The highest BCUT2D eigenvalue weighted by atomic mass is 32.2. The minimum absolute atomic E-state index is 0.850. The average molecular weight is 246 g/mol. The Morgan fingerprint density at radius 1 is 1.31 bits per heavy atom. The van der Waals surface area contributed by atoms with Gasteiger partial charge in [-0.3, -0.25) is 0 Å². The first kappa shape index (κ1) is 9.93. The number of rotatable bonds is 1. The number of aromatic nitrogens is 1. The van der Waals surface area contributed by atoms with Crippen LogP contribution in [0.4, 0.5) is 0 Å². The second-order valence-electron chi connectivity index (χ2n) is 3.64. The number of para-hydroxylation sites is 1. The summed E-state index contributed by atoms with van der Waals surface area (Å²) in [6, 6.07) is 8.31. The van der Waals surface area contributed by atoms with Gasteiger partial charge in [0.15, 0.2) is 0 Å². The fraction of sp³-hybridized carbons (Fsp3) is 0.0833. The first-order valence-corrected chi connectivity index (χ1v) is 6.28. The zero-order valence-corrected chi connectivity index (χ0v) is 10.1. The predicted octanol–water partition coefficient (Wildman–Crippen LogP) is 3.13. The Kier molecular flexibility index (Phi) is 2.46. The van der Waals surface area contributed by atoms with Crippen molar-refractivity contribution in [1.29, 1.82) is 0 Å². The van der Waals surface area contributed by atoms with Crippen molar-refractivity contribution in [2.24, 2.45) is 0 Å². The highest BCUT2D eigenvalue weighted by molar-refractivity contribution is 8.26. The number of fused-ring (bicyclic) bond motifs is 1. The minimum Gasteiger partial charge on any atom is -0.366 e. The highest BCUT2D eigenvalue weighted by Crippen LogP contribution is 2.27. The summed E-state index contributed by atoms with van der Waals surface area (Å²) in [6.45, 7) is 0.850. The summed E-state index contributed by atoms with van der Waals surface area (Å²) in [7, 11) is 0. The first-order valence-electron chi connectivity index (χ1n) is 5.05. The number of thioether (sulfide) groups is 1. The van der Waals surface area contributed by atoms with Crippen molar-refractivity contribution < 1.29 is 0 Å². The van der Waals surface area contributed by atoms with Crippen molar-refractivity contribution in [2.45, 2.75) is 0 Å². The molecule has 0 unspecified atom stereocenters. The average Bonchev–Trinajstić information content (AvgIpc) is 2.87. The van der Waals surface area contributed by atoms with Crippen LogP contribution in [0.25, 0.3) is 17.0 Å². The number of nitrogens with one attached hydrogen (secondary N) is 2. The van der Waals surface area contributed by atoms with Gasteiger partial charge in [0.25, 0.3) is 0 Å². The van der Waals surface area contributed by atoms with Crippen molar-refractivity contribution in [3.8, 4) is 0 Å². The molecule has 1 aromatic carbocycles. The molecule has 2 nitrogen and oxygen atoms in total. The van der Waals surface area contributed by atoms with Crippen LogP contribution >= 0.6 is 24.0 Å². The maximum absolute atomic E-state index is 5.09. The van der Waals surface area contributed by atoms with E-state index in [4.69, 9.17) is 12.2 Å². The summed E-state index contributed by atoms with van der Waals surface area (Å²) in [5.74, 6) is 0. The van der Waals surface area contributed by atoms with Crippen LogP contribution < -0.4 is 5.32 Å². The molecule has 2 N–H and O–H groups in total. The molecule has 1 saturated heterocycles. The Morgan fingerprint density at radius 2 is 2.19 bits per heavy atom. The van der Waals surface area contributed by atoms with Crippen LogP contribution in [0.15, 0.2) is 35.4 Å². The van der Waals surface area contributed by atoms with Gasteiger partial charge < -0.3 is 10.3 Å². The molecule has 16 heavy (non-hydrogen) atoms. The van der Waals surface area contributed by atoms with Crippen LogP contribution in [0.5, 0.6) is 0 Å². The number of thiocarbonyl (C=S) groups is 1. The fourth-order valence-corrected chi connectivity index (χ4v) is 2.92. The summed E-state index contributed by atoms with van der Waals surface area (Å²) in [4.78, 5) is 4.54. The topological polar surface area (TPSA) is 27.8 Å². The molecule has 80 valence electrons. The van der Waals surface area contributed by atoms with E-state index in [1.807, 2.05) is 12.3 Å². The Balaban J connectivity index is 2.04. The Bertz CT molecular complexity index is 583. The molecule has 0 aliphatic carbocycles. The molecule has 1 aliphatic heterocycles. The van der Waals surface area contributed by atoms with E-state index in [-0.39, 0.29) is 0 Å². The lowest BCUT2D eigenvalue weighted by Gasteiger charge is -1.93. The highest BCUT2D eigenvalue weighted by Gasteiger charge is 2.12. The second-order valence-corrected chi connectivity index (χ2v) is 5.45. The van der Waals surface area contributed by atoms with Crippen molar-refractivity contribution in [3.63, 3.8) is 0 Å². The van der Waals surface area contributed by atoms with Gasteiger partial charge in [0.1, 0.15) is 4.32 Å². The van der Waals surface area contributed by atoms with E-state index in [1.54, 1.807) is 11.8 Å². The zero-order chi connectivity index (χ0) is 11.0. The van der Waals surface area contributed by atoms with E-state index < -0.39 is 0 Å². The molecule has 0 spiro atoms. The molecule has 1 aliphatic rings. The molecule has 0 bridgehead atoms. The van der Waals surface area contributed by atoms with E-state index >= 15 is 0 Å². The van der Waals surface area contributed by atoms with Crippen LogP contribution in [0.2, 0.25) is 0 Å². The van der Waals surface area contributed by atoms with E-state index in [1.165, 1.54) is 21.4 Å². The molecule has 2 heterocycles. The van der Waals surface area contributed by atoms with Gasteiger partial charge in [0, 0.05) is 34.1 Å². The lowest BCUT2D eigenvalue weighted by atomic mass is 10.1. The van der Waals surface area contributed by atoms with Gasteiger partial charge in [-0.1, -0.05) is 42.2 Å². The Hall–Kier alpha value is -1.26. The van der Waals surface area contributed by atoms with Crippen molar-refractivity contribution in [3.05, 3.63) is 40.9 Å². The van der Waals surface area contributed by atoms with Gasteiger partial charge in [-0.25, -0.2) is 0 Å². The Morgan fingerprint density at radius 3 is 3.00 bits per heavy atom. The second kappa shape index (κ2) is 3.96. The predicted molar refractivity (Wildman–Crippen MR) is 74.5 cm³/mol. The Labute approximate surface area is 103 Å². The van der Waals surface area contributed by atoms with Crippen LogP contribution in [0, 0.1) is 0 Å². The lowest BCUT2D eigenvalue weighted by molar-refractivity contribution is 1.09. The number of hydrogen-bond donors (Lipinski definition) is 2. The van der Waals surface area contributed by atoms with Gasteiger partial charge in [0.2, 0.25) is 0 Å². The molecule has 0 amide bonds. The summed E-state index contributed by atoms with van der Waals surface area (Å²) >= 11 is 6.73. The third kappa shape index (κ3) is 1.74. The summed E-state index contributed by atoms with van der Waals surface area (Å²) in [5.41, 5.74) is 2.40. The van der Waals surface area contributed by atoms with Gasteiger partial charge in [-0.2, -0.15) is 0 Å². The van der Waals surface area contributed by atoms with Crippen LogP contribution in [0.3, 0.4) is 0 Å². The van der Waals surface area contributed by atoms with Crippen LogP contribution in [-0.2, 0) is 0 Å². The molecule has 4 heteroatoms. The summed E-state index contributed by atoms with van der Waals surface area (Å²) in [6.07, 6.45) is 4.23. The van der Waals surface area contributed by atoms with E-state index in [0.29, 0.717) is 0 Å². The summed E-state index contributed by atoms with van der Waals surface area (Å²) < 4.78 is 0.867. The largest absolute Gasteiger partial charge is 0.366 e. The standard InChI is InChI=1S/C12H10N2S2/c15-12-14-7-9(16-12)5-8-6-13-11-4-2-1-3-10(8)11/h1-6,13H,7H2,(H,14,15)/b9-5+. The lowest BCUT2D eigenvalue weighted by Crippen LogP contribution is -2.09. The fourth-order valence-electron chi connectivity index (χ4n) is 1.82. The molecule has 1 fully saturated rings. The number of aromatic amines is 1. The number of benzene rings is 1. The SMILES string of the molecule is S=C1NC/C(=C\c2c[nH]c3ccccc23)S1. The summed E-state index contributed by atoms with van der Waals surface area (Å²) in [5, 5.41) is 4.40. The molecule has 0 saturated carbocycles. The first-order chi connectivity index (χ1) is 7.83. The maximum atomic E-state index is 5.09. The molecular formula is C12H10N2S2. The van der Waals surface area contributed by atoms with Crippen molar-refractivity contribution in [1.82, 2.24) is 10.3 Å². The molecule has 2 aromatic rings. The van der Waals surface area contributed by atoms with Crippen LogP contribution in [-0.4, -0.2) is 15.8 Å². The van der Waals surface area contributed by atoms with Gasteiger partial charge in [-0.05, 0) is 12.1 Å². The molecule has 0 radical (unpaired) electrons. The van der Waals surface area contributed by atoms with Crippen molar-refractivity contribution >= 4 is 45.3 Å². The van der Waals surface area contributed by atoms with Crippen molar-refractivity contribution in [2.75, 3.05) is 6.54 Å². The minimum atomic E-state index is 0.850. The molecular weight excluding hydrogens is 236 g/mol. The molecule has 1 aromatic heterocycles. The smallest absolute Gasteiger partial charge is 0.138 e. The number of H-pyrrole nitrogens is 1. The quantitative estimate of drug-likeness (QED) is 0.757. The van der Waals surface area contributed by atoms with Gasteiger partial charge in [-0.15, -0.1) is 0 Å². The van der Waals surface area contributed by atoms with Gasteiger partial charge in [0.05, 0.1) is 0 Å². The maximum Gasteiger partial charge on any atom is 0.138 e. The zero-order valence-electron chi connectivity index (χ0n) is 8.49. The third-order valence-electron chi connectivity index (χ3n) is 2.57. The van der Waals surface area contributed by atoms with Crippen LogP contribution in [0.1, 0.15) is 5.56 Å². The van der Waals surface area contributed by atoms with Gasteiger partial charge >= 0.3 is 0 Å². The van der Waals surface area contributed by atoms with E-state index in [2.05, 4.69) is 34.6 Å². The van der Waals surface area contributed by atoms with E-state index in [0.717, 1.165) is 10.9 Å². The van der Waals surface area contributed by atoms with E-state index in [9.17, 15) is 0 Å².